The molecule has 3 nitrogen and oxygen atoms in total. The van der Waals surface area contributed by atoms with Crippen molar-refractivity contribution >= 4 is 28.3 Å². The fraction of sp³-hybridized carbons (Fsp3) is 0.429. The van der Waals surface area contributed by atoms with Gasteiger partial charge in [-0.1, -0.05) is 19.4 Å². The number of fused-ring (bicyclic) bond motifs is 1. The molecule has 0 bridgehead atoms. The number of aryl methyl sites for hydroxylation is 1. The number of nitrogens with zero attached hydrogens (tertiary/aromatic N) is 2. The Morgan fingerprint density at radius 1 is 1.33 bits per heavy atom. The lowest BCUT2D eigenvalue weighted by atomic mass is 10.1. The first-order chi connectivity index (χ1) is 8.76. The molecule has 1 saturated carbocycles. The van der Waals surface area contributed by atoms with Crippen molar-refractivity contribution in [2.75, 3.05) is 5.32 Å². The van der Waals surface area contributed by atoms with Gasteiger partial charge in [-0.25, -0.2) is 9.97 Å². The van der Waals surface area contributed by atoms with Gasteiger partial charge in [0.25, 0.3) is 0 Å². The number of halogens is 1. The molecule has 0 spiro atoms. The van der Waals surface area contributed by atoms with Gasteiger partial charge >= 0.3 is 0 Å². The summed E-state index contributed by atoms with van der Waals surface area (Å²) in [5.41, 5.74) is 2.24. The SMILES string of the molecule is CCCc1ccc2nc(Cl)nc(NC3CC3)c2c1. The van der Waals surface area contributed by atoms with Crippen molar-refractivity contribution in [2.45, 2.75) is 38.6 Å². The van der Waals surface area contributed by atoms with Crippen LogP contribution in [0.2, 0.25) is 5.28 Å². The number of rotatable bonds is 4. The first-order valence-electron chi connectivity index (χ1n) is 6.49. The van der Waals surface area contributed by atoms with Crippen molar-refractivity contribution in [3.63, 3.8) is 0 Å². The summed E-state index contributed by atoms with van der Waals surface area (Å²) in [5, 5.41) is 4.83. The molecule has 1 N–H and O–H groups in total. The van der Waals surface area contributed by atoms with Crippen LogP contribution in [-0.2, 0) is 6.42 Å². The fourth-order valence-electron chi connectivity index (χ4n) is 2.12. The highest BCUT2D eigenvalue weighted by atomic mass is 35.5. The van der Waals surface area contributed by atoms with Gasteiger partial charge in [-0.2, -0.15) is 0 Å². The average Bonchev–Trinajstić information content (AvgIpc) is 3.14. The van der Waals surface area contributed by atoms with Gasteiger partial charge in [0.1, 0.15) is 5.82 Å². The minimum atomic E-state index is 0.314. The molecule has 1 aromatic heterocycles. The third-order valence-electron chi connectivity index (χ3n) is 3.19. The monoisotopic (exact) mass is 261 g/mol. The van der Waals surface area contributed by atoms with E-state index in [-0.39, 0.29) is 0 Å². The molecular weight excluding hydrogens is 246 g/mol. The Kier molecular flexibility index (Phi) is 3.08. The molecule has 1 heterocycles. The predicted octanol–water partition coefficient (Wildman–Crippen LogP) is 3.81. The van der Waals surface area contributed by atoms with Crippen LogP contribution in [0.1, 0.15) is 31.7 Å². The minimum absolute atomic E-state index is 0.314. The zero-order chi connectivity index (χ0) is 12.5. The maximum Gasteiger partial charge on any atom is 0.224 e. The Morgan fingerprint density at radius 3 is 2.89 bits per heavy atom. The molecule has 94 valence electrons. The van der Waals surface area contributed by atoms with Gasteiger partial charge in [-0.05, 0) is 48.6 Å². The van der Waals surface area contributed by atoms with Gasteiger partial charge in [0.2, 0.25) is 5.28 Å². The summed E-state index contributed by atoms with van der Waals surface area (Å²) >= 11 is 5.97. The first-order valence-corrected chi connectivity index (χ1v) is 6.87. The van der Waals surface area contributed by atoms with E-state index in [2.05, 4.69) is 34.3 Å². The van der Waals surface area contributed by atoms with E-state index in [4.69, 9.17) is 11.6 Å². The van der Waals surface area contributed by atoms with E-state index in [1.54, 1.807) is 0 Å². The predicted molar refractivity (Wildman–Crippen MR) is 75.2 cm³/mol. The van der Waals surface area contributed by atoms with Gasteiger partial charge in [-0.3, -0.25) is 0 Å². The molecule has 0 amide bonds. The number of benzene rings is 1. The lowest BCUT2D eigenvalue weighted by Crippen LogP contribution is -2.05. The van der Waals surface area contributed by atoms with E-state index in [1.807, 2.05) is 6.07 Å². The van der Waals surface area contributed by atoms with Crippen molar-refractivity contribution in [3.05, 3.63) is 29.0 Å². The maximum absolute atomic E-state index is 5.97. The smallest absolute Gasteiger partial charge is 0.224 e. The van der Waals surface area contributed by atoms with Gasteiger partial charge in [0.15, 0.2) is 0 Å². The molecule has 1 aliphatic carbocycles. The number of hydrogen-bond donors (Lipinski definition) is 1. The van der Waals surface area contributed by atoms with Crippen LogP contribution in [-0.4, -0.2) is 16.0 Å². The molecule has 0 unspecified atom stereocenters. The van der Waals surface area contributed by atoms with Crippen molar-refractivity contribution in [2.24, 2.45) is 0 Å². The number of aromatic nitrogens is 2. The van der Waals surface area contributed by atoms with Gasteiger partial charge in [0.05, 0.1) is 5.52 Å². The van der Waals surface area contributed by atoms with Gasteiger partial charge in [0, 0.05) is 11.4 Å². The Bertz CT molecular complexity index is 579. The van der Waals surface area contributed by atoms with E-state index in [0.717, 1.165) is 29.6 Å². The molecule has 4 heteroatoms. The standard InChI is InChI=1S/C14H16ClN3/c1-2-3-9-4-7-12-11(8-9)13(16-10-5-6-10)18-14(15)17-12/h4,7-8,10H,2-3,5-6H2,1H3,(H,16,17,18). The summed E-state index contributed by atoms with van der Waals surface area (Å²) in [5.74, 6) is 0.880. The molecule has 0 atom stereocenters. The quantitative estimate of drug-likeness (QED) is 0.851. The lowest BCUT2D eigenvalue weighted by molar-refractivity contribution is 0.923. The molecule has 1 aromatic carbocycles. The number of anilines is 1. The lowest BCUT2D eigenvalue weighted by Gasteiger charge is -2.09. The minimum Gasteiger partial charge on any atom is -0.367 e. The second-order valence-corrected chi connectivity index (χ2v) is 5.20. The topological polar surface area (TPSA) is 37.8 Å². The largest absolute Gasteiger partial charge is 0.367 e. The van der Waals surface area contributed by atoms with Crippen LogP contribution in [0, 0.1) is 0 Å². The summed E-state index contributed by atoms with van der Waals surface area (Å²) in [4.78, 5) is 8.61. The first kappa shape index (κ1) is 11.7. The van der Waals surface area contributed by atoms with Crippen molar-refractivity contribution in [3.8, 4) is 0 Å². The van der Waals surface area contributed by atoms with Gasteiger partial charge in [-0.15, -0.1) is 0 Å². The zero-order valence-electron chi connectivity index (χ0n) is 10.4. The van der Waals surface area contributed by atoms with Gasteiger partial charge < -0.3 is 5.32 Å². The molecule has 0 radical (unpaired) electrons. The molecule has 1 aliphatic rings. The number of hydrogen-bond acceptors (Lipinski definition) is 3. The maximum atomic E-state index is 5.97. The molecule has 1 fully saturated rings. The molecule has 0 aliphatic heterocycles. The van der Waals surface area contributed by atoms with E-state index in [0.29, 0.717) is 11.3 Å². The molecule has 3 rings (SSSR count). The number of nitrogens with one attached hydrogen (secondary N) is 1. The van der Waals surface area contributed by atoms with Crippen LogP contribution >= 0.6 is 11.6 Å². The summed E-state index contributed by atoms with van der Waals surface area (Å²) in [6.45, 7) is 2.19. The second-order valence-electron chi connectivity index (χ2n) is 4.86. The highest BCUT2D eigenvalue weighted by Crippen LogP contribution is 2.29. The molecular formula is C14H16ClN3. The van der Waals surface area contributed by atoms with E-state index in [9.17, 15) is 0 Å². The highest BCUT2D eigenvalue weighted by molar-refractivity contribution is 6.28. The molecule has 18 heavy (non-hydrogen) atoms. The normalized spacial score (nSPS) is 15.0. The highest BCUT2D eigenvalue weighted by Gasteiger charge is 2.22. The third kappa shape index (κ3) is 2.41. The van der Waals surface area contributed by atoms with Crippen molar-refractivity contribution in [1.82, 2.24) is 9.97 Å². The zero-order valence-corrected chi connectivity index (χ0v) is 11.2. The van der Waals surface area contributed by atoms with Crippen LogP contribution in [0.25, 0.3) is 10.9 Å². The Labute approximate surface area is 112 Å². The summed E-state index contributed by atoms with van der Waals surface area (Å²) in [7, 11) is 0. The Hall–Kier alpha value is -1.35. The van der Waals surface area contributed by atoms with Crippen LogP contribution in [0.3, 0.4) is 0 Å². The third-order valence-corrected chi connectivity index (χ3v) is 3.36. The van der Waals surface area contributed by atoms with Crippen LogP contribution in [0.5, 0.6) is 0 Å². The average molecular weight is 262 g/mol. The Balaban J connectivity index is 2.08. The summed E-state index contributed by atoms with van der Waals surface area (Å²) < 4.78 is 0. The molecule has 2 aromatic rings. The van der Waals surface area contributed by atoms with Crippen molar-refractivity contribution in [1.29, 1.82) is 0 Å². The van der Waals surface area contributed by atoms with E-state index in [1.165, 1.54) is 18.4 Å². The molecule has 0 saturated heterocycles. The van der Waals surface area contributed by atoms with Crippen LogP contribution < -0.4 is 5.32 Å². The summed E-state index contributed by atoms with van der Waals surface area (Å²) in [6.07, 6.45) is 4.67. The Morgan fingerprint density at radius 2 is 2.17 bits per heavy atom. The van der Waals surface area contributed by atoms with E-state index >= 15 is 0 Å². The van der Waals surface area contributed by atoms with Crippen molar-refractivity contribution < 1.29 is 0 Å². The fourth-order valence-corrected chi connectivity index (χ4v) is 2.30. The van der Waals surface area contributed by atoms with Crippen LogP contribution in [0.15, 0.2) is 18.2 Å². The van der Waals surface area contributed by atoms with Crippen LogP contribution in [0.4, 0.5) is 5.82 Å². The van der Waals surface area contributed by atoms with E-state index < -0.39 is 0 Å². The summed E-state index contributed by atoms with van der Waals surface area (Å²) in [6, 6.07) is 6.90. The second kappa shape index (κ2) is 4.73.